The largest absolute Gasteiger partial charge is 0.468 e. The van der Waals surface area contributed by atoms with Crippen molar-refractivity contribution in [1.82, 2.24) is 0 Å². The van der Waals surface area contributed by atoms with Crippen molar-refractivity contribution < 1.29 is 57.2 Å². The molecule has 2 aliphatic heterocycles. The van der Waals surface area contributed by atoms with Crippen LogP contribution in [0.5, 0.6) is 0 Å². The summed E-state index contributed by atoms with van der Waals surface area (Å²) < 4.78 is 32.1. The van der Waals surface area contributed by atoms with Crippen molar-refractivity contribution >= 4 is 46.8 Å². The van der Waals surface area contributed by atoms with Crippen LogP contribution >= 0.6 is 0 Å². The zero-order valence-electron chi connectivity index (χ0n) is 28.5. The van der Waals surface area contributed by atoms with Crippen molar-refractivity contribution in [3.05, 3.63) is 104 Å². The third kappa shape index (κ3) is 5.78. The summed E-state index contributed by atoms with van der Waals surface area (Å²) in [5, 5.41) is 5.95. The number of para-hydroxylation sites is 2. The van der Waals surface area contributed by atoms with Gasteiger partial charge in [-0.15, -0.1) is 0 Å². The van der Waals surface area contributed by atoms with Gasteiger partial charge in [-0.05, 0) is 49.9 Å². The number of benzene rings is 2. The standard InChI is InChI=1S/C36H34N2O12/c1-15-11-9-12-16(2)25(15)37-31-23(35(43)47-7)19(33(41)45-5)21-28(40)30-22(27(39)29(21)49-31)20(34(42)46-6)24(36(44)48-8)32(50-30)38-26-17(3)13-10-14-18(26)4/h9-14,19-20,37-38H,1-8H3. The molecule has 3 aliphatic rings. The molecule has 0 amide bonds. The number of hydrogen-bond acceptors (Lipinski definition) is 14. The predicted molar refractivity (Wildman–Crippen MR) is 174 cm³/mol. The quantitative estimate of drug-likeness (QED) is 0.234. The second kappa shape index (κ2) is 13.7. The summed E-state index contributed by atoms with van der Waals surface area (Å²) in [6.45, 7) is 7.10. The number of rotatable bonds is 8. The molecule has 0 radical (unpaired) electrons. The van der Waals surface area contributed by atoms with Gasteiger partial charge in [-0.25, -0.2) is 9.59 Å². The van der Waals surface area contributed by atoms with E-state index in [9.17, 15) is 28.8 Å². The molecule has 14 heteroatoms. The number of hydrogen-bond donors (Lipinski definition) is 2. The number of ether oxygens (including phenoxy) is 6. The molecule has 0 aromatic heterocycles. The van der Waals surface area contributed by atoms with Crippen LogP contribution in [0, 0.1) is 39.5 Å². The average Bonchev–Trinajstić information content (AvgIpc) is 3.11. The first-order chi connectivity index (χ1) is 23.8. The minimum Gasteiger partial charge on any atom is -0.468 e. The summed E-state index contributed by atoms with van der Waals surface area (Å²) >= 11 is 0. The number of carbonyl (C=O) groups excluding carboxylic acids is 6. The molecule has 2 unspecified atom stereocenters. The van der Waals surface area contributed by atoms with Gasteiger partial charge in [0.1, 0.15) is 23.0 Å². The van der Waals surface area contributed by atoms with Crippen LogP contribution < -0.4 is 10.6 Å². The maximum atomic E-state index is 14.5. The van der Waals surface area contributed by atoms with Gasteiger partial charge in [-0.3, -0.25) is 19.2 Å². The molecule has 0 saturated heterocycles. The molecule has 2 atom stereocenters. The molecule has 2 N–H and O–H groups in total. The van der Waals surface area contributed by atoms with Crippen LogP contribution in [0.15, 0.2) is 82.0 Å². The summed E-state index contributed by atoms with van der Waals surface area (Å²) in [5.41, 5.74) is 1.62. The van der Waals surface area contributed by atoms with Crippen LogP contribution in [0.4, 0.5) is 11.4 Å². The molecule has 5 rings (SSSR count). The van der Waals surface area contributed by atoms with E-state index >= 15 is 0 Å². The van der Waals surface area contributed by atoms with E-state index in [-0.39, 0.29) is 0 Å². The van der Waals surface area contributed by atoms with Gasteiger partial charge in [0.15, 0.2) is 11.5 Å². The fraction of sp³-hybridized carbons (Fsp3) is 0.278. The molecule has 0 saturated carbocycles. The fourth-order valence-corrected chi connectivity index (χ4v) is 6.07. The van der Waals surface area contributed by atoms with E-state index in [0.29, 0.717) is 33.6 Å². The molecule has 0 fully saturated rings. The Hall–Kier alpha value is -6.18. The zero-order chi connectivity index (χ0) is 36.6. The zero-order valence-corrected chi connectivity index (χ0v) is 28.5. The summed E-state index contributed by atoms with van der Waals surface area (Å²) in [6.07, 6.45) is 0. The molecule has 14 nitrogen and oxygen atoms in total. The molecule has 2 aromatic carbocycles. The first kappa shape index (κ1) is 35.1. The van der Waals surface area contributed by atoms with Crippen molar-refractivity contribution in [2.45, 2.75) is 27.7 Å². The maximum absolute atomic E-state index is 14.5. The number of methoxy groups -OCH3 is 4. The molecule has 50 heavy (non-hydrogen) atoms. The molecule has 2 heterocycles. The number of carbonyl (C=O) groups is 6. The van der Waals surface area contributed by atoms with Crippen molar-refractivity contribution in [3.63, 3.8) is 0 Å². The number of ketones is 2. The monoisotopic (exact) mass is 686 g/mol. The molecule has 260 valence electrons. The van der Waals surface area contributed by atoms with Crippen molar-refractivity contribution in [3.8, 4) is 0 Å². The van der Waals surface area contributed by atoms with E-state index in [4.69, 9.17) is 28.4 Å². The molecule has 2 aromatic rings. The van der Waals surface area contributed by atoms with E-state index in [1.54, 1.807) is 64.1 Å². The first-order valence-corrected chi connectivity index (χ1v) is 15.2. The highest BCUT2D eigenvalue weighted by Crippen LogP contribution is 2.47. The SMILES string of the molecule is COC(=O)C1=C(Nc2c(C)cccc2C)OC2=C(C(=O)C3=C(C2=O)C(C(=O)OC)C(C(=O)OC)=C(Nc2c(C)cccc2C)O3)C1C(=O)OC. The Kier molecular flexibility index (Phi) is 9.66. The Bertz CT molecular complexity index is 1830. The Morgan fingerprint density at radius 1 is 0.560 bits per heavy atom. The predicted octanol–water partition coefficient (Wildman–Crippen LogP) is 3.51. The Morgan fingerprint density at radius 3 is 1.16 bits per heavy atom. The number of allylic oxidation sites excluding steroid dienone is 2. The van der Waals surface area contributed by atoms with Crippen LogP contribution in [0.2, 0.25) is 0 Å². The first-order valence-electron chi connectivity index (χ1n) is 15.2. The lowest BCUT2D eigenvalue weighted by Gasteiger charge is -2.36. The smallest absolute Gasteiger partial charge is 0.340 e. The second-order valence-electron chi connectivity index (χ2n) is 11.5. The average molecular weight is 687 g/mol. The van der Waals surface area contributed by atoms with Gasteiger partial charge in [0, 0.05) is 11.4 Å². The van der Waals surface area contributed by atoms with E-state index in [0.717, 1.165) is 28.4 Å². The van der Waals surface area contributed by atoms with Gasteiger partial charge in [0.05, 0.1) is 39.6 Å². The van der Waals surface area contributed by atoms with E-state index in [1.807, 2.05) is 0 Å². The van der Waals surface area contributed by atoms with Crippen LogP contribution in [0.3, 0.4) is 0 Å². The highest BCUT2D eigenvalue weighted by molar-refractivity contribution is 6.28. The third-order valence-electron chi connectivity index (χ3n) is 8.57. The number of nitrogens with one attached hydrogen (secondary N) is 2. The summed E-state index contributed by atoms with van der Waals surface area (Å²) in [6, 6.07) is 10.7. The van der Waals surface area contributed by atoms with Gasteiger partial charge >= 0.3 is 23.9 Å². The molecule has 0 bridgehead atoms. The van der Waals surface area contributed by atoms with Crippen LogP contribution in [0.1, 0.15) is 22.3 Å². The van der Waals surface area contributed by atoms with Crippen LogP contribution in [0.25, 0.3) is 0 Å². The van der Waals surface area contributed by atoms with Crippen LogP contribution in [-0.2, 0) is 57.2 Å². The molecular formula is C36H34N2O12. The lowest BCUT2D eigenvalue weighted by Crippen LogP contribution is -2.44. The maximum Gasteiger partial charge on any atom is 0.340 e. The van der Waals surface area contributed by atoms with Gasteiger partial charge in [-0.1, -0.05) is 36.4 Å². The summed E-state index contributed by atoms with van der Waals surface area (Å²) in [7, 11) is 4.20. The Labute approximate surface area is 286 Å². The summed E-state index contributed by atoms with van der Waals surface area (Å²) in [5.74, 6) is -12.5. The molecule has 0 spiro atoms. The van der Waals surface area contributed by atoms with Crippen LogP contribution in [-0.4, -0.2) is 63.9 Å². The Balaban J connectivity index is 1.73. The van der Waals surface area contributed by atoms with Gasteiger partial charge in [0.25, 0.3) is 0 Å². The molecular weight excluding hydrogens is 652 g/mol. The lowest BCUT2D eigenvalue weighted by atomic mass is 9.75. The number of aryl methyl sites for hydroxylation is 4. The lowest BCUT2D eigenvalue weighted by molar-refractivity contribution is -0.148. The van der Waals surface area contributed by atoms with Crippen molar-refractivity contribution in [2.24, 2.45) is 11.8 Å². The second-order valence-corrected chi connectivity index (χ2v) is 11.5. The molecule has 1 aliphatic carbocycles. The van der Waals surface area contributed by atoms with Gasteiger partial charge in [0.2, 0.25) is 23.3 Å². The normalized spacial score (nSPS) is 18.4. The third-order valence-corrected chi connectivity index (χ3v) is 8.57. The fourth-order valence-electron chi connectivity index (χ4n) is 6.07. The highest BCUT2D eigenvalue weighted by atomic mass is 16.5. The van der Waals surface area contributed by atoms with E-state index in [2.05, 4.69) is 10.6 Å². The summed E-state index contributed by atoms with van der Waals surface area (Å²) in [4.78, 5) is 82.8. The van der Waals surface area contributed by atoms with E-state index in [1.165, 1.54) is 0 Å². The van der Waals surface area contributed by atoms with Crippen molar-refractivity contribution in [2.75, 3.05) is 39.1 Å². The van der Waals surface area contributed by atoms with Gasteiger partial charge in [-0.2, -0.15) is 0 Å². The van der Waals surface area contributed by atoms with Crippen molar-refractivity contribution in [1.29, 1.82) is 0 Å². The van der Waals surface area contributed by atoms with E-state index < -0.39 is 92.9 Å². The minimum atomic E-state index is -1.85. The number of Topliss-reactive ketones (excluding diaryl/α,β-unsaturated/α-hetero) is 2. The minimum absolute atomic E-state index is 0.402. The number of anilines is 2. The number of esters is 4. The van der Waals surface area contributed by atoms with Gasteiger partial charge < -0.3 is 39.1 Å². The Morgan fingerprint density at radius 2 is 0.880 bits per heavy atom. The highest BCUT2D eigenvalue weighted by Gasteiger charge is 2.56. The topological polar surface area (TPSA) is 182 Å².